The number of hydrogen-bond donors (Lipinski definition) is 0. The Hall–Kier alpha value is -1.35. The van der Waals surface area contributed by atoms with E-state index >= 15 is 0 Å². The number of methoxy groups -OCH3 is 1. The molecule has 0 N–H and O–H groups in total. The number of halogens is 1. The van der Waals surface area contributed by atoms with Crippen LogP contribution in [-0.4, -0.2) is 12.1 Å². The van der Waals surface area contributed by atoms with E-state index in [0.717, 1.165) is 20.2 Å². The van der Waals surface area contributed by atoms with E-state index in [-0.39, 0.29) is 0 Å². The van der Waals surface area contributed by atoms with Gasteiger partial charge in [-0.1, -0.05) is 0 Å². The molecule has 1 heterocycles. The van der Waals surface area contributed by atoms with E-state index in [9.17, 15) is 0 Å². The number of benzene rings is 1. The number of ether oxygens (including phenoxy) is 1. The van der Waals surface area contributed by atoms with Crippen LogP contribution in [0.15, 0.2) is 24.3 Å². The first-order chi connectivity index (χ1) is 7.26. The molecule has 4 heteroatoms. The quantitative estimate of drug-likeness (QED) is 0.761. The highest BCUT2D eigenvalue weighted by Crippen LogP contribution is 2.28. The topological polar surface area (TPSA) is 45.9 Å². The van der Waals surface area contributed by atoms with Gasteiger partial charge < -0.3 is 4.74 Å². The lowest BCUT2D eigenvalue weighted by Gasteiger charge is -2.05. The number of nitriles is 1. The predicted octanol–water partition coefficient (Wildman–Crippen LogP) is 2.72. The number of fused-ring (bicyclic) bond motifs is 1. The molecule has 0 saturated carbocycles. The SMILES string of the molecule is COc1ccc2nc(C#N)ccc2c1I. The summed E-state index contributed by atoms with van der Waals surface area (Å²) >= 11 is 2.21. The lowest BCUT2D eigenvalue weighted by Crippen LogP contribution is -1.90. The van der Waals surface area contributed by atoms with Crippen molar-refractivity contribution in [1.82, 2.24) is 4.98 Å². The molecule has 0 aliphatic carbocycles. The zero-order valence-electron chi connectivity index (χ0n) is 7.99. The van der Waals surface area contributed by atoms with Gasteiger partial charge in [-0.25, -0.2) is 4.98 Å². The van der Waals surface area contributed by atoms with Crippen molar-refractivity contribution in [3.8, 4) is 11.8 Å². The molecule has 0 aliphatic rings. The molecule has 0 aliphatic heterocycles. The van der Waals surface area contributed by atoms with Gasteiger partial charge in [0, 0.05) is 5.39 Å². The van der Waals surface area contributed by atoms with Crippen LogP contribution in [0.5, 0.6) is 5.75 Å². The summed E-state index contributed by atoms with van der Waals surface area (Å²) in [4.78, 5) is 4.21. The highest BCUT2D eigenvalue weighted by Gasteiger charge is 2.06. The van der Waals surface area contributed by atoms with Crippen molar-refractivity contribution in [3.63, 3.8) is 0 Å². The van der Waals surface area contributed by atoms with Crippen LogP contribution in [0.2, 0.25) is 0 Å². The Bertz CT molecular complexity index is 560. The Morgan fingerprint density at radius 1 is 1.33 bits per heavy atom. The maximum absolute atomic E-state index is 8.73. The summed E-state index contributed by atoms with van der Waals surface area (Å²) in [5, 5.41) is 9.74. The second-order valence-electron chi connectivity index (χ2n) is 2.96. The van der Waals surface area contributed by atoms with Crippen molar-refractivity contribution < 1.29 is 4.74 Å². The summed E-state index contributed by atoms with van der Waals surface area (Å²) in [5.41, 5.74) is 1.25. The minimum Gasteiger partial charge on any atom is -0.496 e. The van der Waals surface area contributed by atoms with Crippen molar-refractivity contribution in [2.24, 2.45) is 0 Å². The number of nitrogens with zero attached hydrogens (tertiary/aromatic N) is 2. The molecule has 74 valence electrons. The first-order valence-corrected chi connectivity index (χ1v) is 5.37. The van der Waals surface area contributed by atoms with Crippen LogP contribution in [0.3, 0.4) is 0 Å². The fourth-order valence-electron chi connectivity index (χ4n) is 1.37. The van der Waals surface area contributed by atoms with Crippen molar-refractivity contribution in [1.29, 1.82) is 5.26 Å². The lowest BCUT2D eigenvalue weighted by molar-refractivity contribution is 0.412. The van der Waals surface area contributed by atoms with Gasteiger partial charge in [0.05, 0.1) is 16.2 Å². The fraction of sp³-hybridized carbons (Fsp3) is 0.0909. The standard InChI is InChI=1S/C11H7IN2O/c1-15-10-5-4-9-8(11(10)12)3-2-7(6-13)14-9/h2-5H,1H3. The average Bonchev–Trinajstić information content (AvgIpc) is 2.29. The highest BCUT2D eigenvalue weighted by molar-refractivity contribution is 14.1. The minimum atomic E-state index is 0.434. The van der Waals surface area contributed by atoms with Gasteiger partial charge in [0.15, 0.2) is 0 Å². The molecular weight excluding hydrogens is 303 g/mol. The zero-order valence-corrected chi connectivity index (χ0v) is 10.1. The van der Waals surface area contributed by atoms with Gasteiger partial charge in [-0.05, 0) is 46.9 Å². The third-order valence-corrected chi connectivity index (χ3v) is 3.22. The van der Waals surface area contributed by atoms with E-state index in [1.807, 2.05) is 24.3 Å². The highest BCUT2D eigenvalue weighted by atomic mass is 127. The van der Waals surface area contributed by atoms with E-state index in [1.54, 1.807) is 13.2 Å². The molecule has 0 spiro atoms. The number of hydrogen-bond acceptors (Lipinski definition) is 3. The number of rotatable bonds is 1. The summed E-state index contributed by atoms with van der Waals surface area (Å²) in [6.45, 7) is 0. The van der Waals surface area contributed by atoms with Crippen molar-refractivity contribution >= 4 is 33.5 Å². The molecule has 2 aromatic rings. The van der Waals surface area contributed by atoms with Gasteiger partial charge >= 0.3 is 0 Å². The summed E-state index contributed by atoms with van der Waals surface area (Å²) in [5.74, 6) is 0.828. The maximum atomic E-state index is 8.73. The zero-order chi connectivity index (χ0) is 10.8. The largest absolute Gasteiger partial charge is 0.496 e. The van der Waals surface area contributed by atoms with E-state index in [0.29, 0.717) is 5.69 Å². The minimum absolute atomic E-state index is 0.434. The maximum Gasteiger partial charge on any atom is 0.141 e. The fourth-order valence-corrected chi connectivity index (χ4v) is 2.22. The Kier molecular flexibility index (Phi) is 2.73. The van der Waals surface area contributed by atoms with Gasteiger partial charge in [0.1, 0.15) is 17.5 Å². The number of aromatic nitrogens is 1. The Morgan fingerprint density at radius 2 is 2.13 bits per heavy atom. The smallest absolute Gasteiger partial charge is 0.141 e. The van der Waals surface area contributed by atoms with Crippen molar-refractivity contribution in [2.75, 3.05) is 7.11 Å². The van der Waals surface area contributed by atoms with Crippen LogP contribution in [-0.2, 0) is 0 Å². The van der Waals surface area contributed by atoms with Crippen LogP contribution in [0.1, 0.15) is 5.69 Å². The molecule has 0 radical (unpaired) electrons. The van der Waals surface area contributed by atoms with Gasteiger partial charge in [-0.15, -0.1) is 0 Å². The van der Waals surface area contributed by atoms with Crippen molar-refractivity contribution in [3.05, 3.63) is 33.5 Å². The van der Waals surface area contributed by atoms with Gasteiger partial charge in [0.2, 0.25) is 0 Å². The van der Waals surface area contributed by atoms with E-state index in [4.69, 9.17) is 10.00 Å². The molecule has 2 rings (SSSR count). The van der Waals surface area contributed by atoms with Gasteiger partial charge in [-0.3, -0.25) is 0 Å². The normalized spacial score (nSPS) is 9.93. The number of pyridine rings is 1. The monoisotopic (exact) mass is 310 g/mol. The van der Waals surface area contributed by atoms with E-state index < -0.39 is 0 Å². The van der Waals surface area contributed by atoms with Crippen LogP contribution in [0.25, 0.3) is 10.9 Å². The van der Waals surface area contributed by atoms with Crippen LogP contribution in [0.4, 0.5) is 0 Å². The Balaban J connectivity index is 2.75. The van der Waals surface area contributed by atoms with Gasteiger partial charge in [-0.2, -0.15) is 5.26 Å². The third kappa shape index (κ3) is 1.75. The molecule has 0 unspecified atom stereocenters. The molecule has 0 fully saturated rings. The van der Waals surface area contributed by atoms with Crippen LogP contribution >= 0.6 is 22.6 Å². The van der Waals surface area contributed by atoms with E-state index in [2.05, 4.69) is 27.6 Å². The second-order valence-corrected chi connectivity index (χ2v) is 4.04. The third-order valence-electron chi connectivity index (χ3n) is 2.10. The van der Waals surface area contributed by atoms with Crippen LogP contribution < -0.4 is 4.74 Å². The molecule has 15 heavy (non-hydrogen) atoms. The molecule has 1 aromatic heterocycles. The van der Waals surface area contributed by atoms with Crippen LogP contribution in [0, 0.1) is 14.9 Å². The summed E-state index contributed by atoms with van der Waals surface area (Å²) < 4.78 is 6.23. The molecule has 0 amide bonds. The molecule has 0 bridgehead atoms. The molecular formula is C11H7IN2O. The average molecular weight is 310 g/mol. The van der Waals surface area contributed by atoms with E-state index in [1.165, 1.54) is 0 Å². The first kappa shape index (κ1) is 10.2. The summed E-state index contributed by atoms with van der Waals surface area (Å²) in [6, 6.07) is 9.35. The first-order valence-electron chi connectivity index (χ1n) is 4.29. The molecule has 0 atom stereocenters. The molecule has 3 nitrogen and oxygen atoms in total. The summed E-state index contributed by atoms with van der Waals surface area (Å²) in [7, 11) is 1.64. The predicted molar refractivity (Wildman–Crippen MR) is 65.7 cm³/mol. The molecule has 1 aromatic carbocycles. The molecule has 0 saturated heterocycles. The summed E-state index contributed by atoms with van der Waals surface area (Å²) in [6.07, 6.45) is 0. The Labute approximate surface area is 101 Å². The van der Waals surface area contributed by atoms with Gasteiger partial charge in [0.25, 0.3) is 0 Å². The second kappa shape index (κ2) is 4.03. The lowest BCUT2D eigenvalue weighted by atomic mass is 10.2. The Morgan fingerprint density at radius 3 is 2.80 bits per heavy atom. The van der Waals surface area contributed by atoms with Crippen molar-refractivity contribution in [2.45, 2.75) is 0 Å².